The first-order valence-electron chi connectivity index (χ1n) is 10.9. The highest BCUT2D eigenvalue weighted by atomic mass is 32.1. The van der Waals surface area contributed by atoms with Gasteiger partial charge in [0.25, 0.3) is 5.91 Å². The largest absolute Gasteiger partial charge is 0.497 e. The highest BCUT2D eigenvalue weighted by Crippen LogP contribution is 2.27. The summed E-state index contributed by atoms with van der Waals surface area (Å²) in [5.41, 5.74) is 2.46. The second-order valence-electron chi connectivity index (χ2n) is 7.55. The minimum Gasteiger partial charge on any atom is -0.497 e. The maximum Gasteiger partial charge on any atom is 0.273 e. The van der Waals surface area contributed by atoms with Crippen molar-refractivity contribution in [2.24, 2.45) is 0 Å². The number of methoxy groups -OCH3 is 2. The number of ether oxygens (including phenoxy) is 2. The number of hydrogen-bond donors (Lipinski definition) is 0. The highest BCUT2D eigenvalue weighted by molar-refractivity contribution is 7.09. The molecule has 3 rings (SSSR count). The first-order valence-corrected chi connectivity index (χ1v) is 11.8. The van der Waals surface area contributed by atoms with Crippen LogP contribution in [0.5, 0.6) is 11.5 Å². The molecule has 2 aromatic carbocycles. The van der Waals surface area contributed by atoms with Crippen LogP contribution < -0.4 is 9.47 Å². The van der Waals surface area contributed by atoms with Gasteiger partial charge in [0.1, 0.15) is 28.0 Å². The summed E-state index contributed by atoms with van der Waals surface area (Å²) in [5, 5.41) is 2.67. The van der Waals surface area contributed by atoms with E-state index in [0.717, 1.165) is 27.6 Å². The fourth-order valence-electron chi connectivity index (χ4n) is 3.58. The van der Waals surface area contributed by atoms with Crippen molar-refractivity contribution in [3.63, 3.8) is 0 Å². The van der Waals surface area contributed by atoms with Crippen molar-refractivity contribution in [1.29, 1.82) is 0 Å². The van der Waals surface area contributed by atoms with Gasteiger partial charge < -0.3 is 14.4 Å². The molecule has 6 nitrogen and oxygen atoms in total. The molecule has 0 fully saturated rings. The number of aromatic nitrogens is 1. The van der Waals surface area contributed by atoms with Crippen LogP contribution in [-0.2, 0) is 19.6 Å². The van der Waals surface area contributed by atoms with E-state index in [9.17, 15) is 9.18 Å². The molecule has 1 aromatic heterocycles. The Morgan fingerprint density at radius 3 is 2.36 bits per heavy atom. The van der Waals surface area contributed by atoms with E-state index in [1.165, 1.54) is 23.5 Å². The van der Waals surface area contributed by atoms with Crippen molar-refractivity contribution in [2.75, 3.05) is 27.3 Å². The van der Waals surface area contributed by atoms with Gasteiger partial charge in [0.2, 0.25) is 0 Å². The number of halogens is 1. The molecular weight excluding hydrogens is 441 g/mol. The molecule has 1 heterocycles. The van der Waals surface area contributed by atoms with Crippen LogP contribution in [0.4, 0.5) is 4.39 Å². The summed E-state index contributed by atoms with van der Waals surface area (Å²) in [6.07, 6.45) is 0. The summed E-state index contributed by atoms with van der Waals surface area (Å²) < 4.78 is 24.3. The molecule has 8 heteroatoms. The predicted molar refractivity (Wildman–Crippen MR) is 128 cm³/mol. The average molecular weight is 472 g/mol. The fourth-order valence-corrected chi connectivity index (χ4v) is 4.39. The lowest BCUT2D eigenvalue weighted by Crippen LogP contribution is -2.30. The monoisotopic (exact) mass is 471 g/mol. The number of benzene rings is 2. The smallest absolute Gasteiger partial charge is 0.273 e. The molecule has 33 heavy (non-hydrogen) atoms. The quantitative estimate of drug-likeness (QED) is 0.395. The van der Waals surface area contributed by atoms with E-state index >= 15 is 0 Å². The normalized spacial score (nSPS) is 11.0. The molecule has 0 atom stereocenters. The van der Waals surface area contributed by atoms with Gasteiger partial charge in [0.05, 0.1) is 20.8 Å². The third-order valence-corrected chi connectivity index (χ3v) is 6.22. The molecule has 1 amide bonds. The maximum absolute atomic E-state index is 13.4. The summed E-state index contributed by atoms with van der Waals surface area (Å²) in [7, 11) is 3.25. The van der Waals surface area contributed by atoms with Crippen molar-refractivity contribution < 1.29 is 18.7 Å². The van der Waals surface area contributed by atoms with Gasteiger partial charge >= 0.3 is 0 Å². The van der Waals surface area contributed by atoms with Crippen molar-refractivity contribution in [3.05, 3.63) is 75.5 Å². The van der Waals surface area contributed by atoms with Gasteiger partial charge in [0.15, 0.2) is 0 Å². The number of hydrogen-bond acceptors (Lipinski definition) is 6. The van der Waals surface area contributed by atoms with Crippen LogP contribution in [0.3, 0.4) is 0 Å². The van der Waals surface area contributed by atoms with E-state index in [2.05, 4.69) is 9.88 Å². The standard InChI is InChI=1S/C25H30FN3O3S/c1-5-29(6-2)25(30)22-17-33-24(27-22)16-28(14-18-7-10-20(26)11-8-18)15-19-9-12-21(31-3)13-23(19)32-4/h7-13,17H,5-6,14-16H2,1-4H3. The predicted octanol–water partition coefficient (Wildman–Crippen LogP) is 4.98. The number of carbonyl (C=O) groups excluding carboxylic acids is 1. The Balaban J connectivity index is 1.83. The Morgan fingerprint density at radius 2 is 1.73 bits per heavy atom. The van der Waals surface area contributed by atoms with Gasteiger partial charge in [-0.1, -0.05) is 18.2 Å². The second-order valence-corrected chi connectivity index (χ2v) is 8.50. The lowest BCUT2D eigenvalue weighted by molar-refractivity contribution is 0.0767. The van der Waals surface area contributed by atoms with E-state index in [1.807, 2.05) is 37.4 Å². The Morgan fingerprint density at radius 1 is 1.00 bits per heavy atom. The van der Waals surface area contributed by atoms with Crippen LogP contribution in [0.25, 0.3) is 0 Å². The molecule has 0 saturated heterocycles. The van der Waals surface area contributed by atoms with Crippen LogP contribution in [0.15, 0.2) is 47.8 Å². The van der Waals surface area contributed by atoms with Crippen LogP contribution in [0, 0.1) is 5.82 Å². The minimum atomic E-state index is -0.262. The number of amides is 1. The Hall–Kier alpha value is -2.97. The topological polar surface area (TPSA) is 54.9 Å². The molecule has 0 aliphatic carbocycles. The van der Waals surface area contributed by atoms with E-state index in [0.29, 0.717) is 38.4 Å². The molecule has 0 aliphatic rings. The molecule has 0 aliphatic heterocycles. The number of nitrogens with zero attached hydrogens (tertiary/aromatic N) is 3. The van der Waals surface area contributed by atoms with E-state index in [4.69, 9.17) is 9.47 Å². The van der Waals surface area contributed by atoms with Crippen LogP contribution in [0.2, 0.25) is 0 Å². The molecule has 3 aromatic rings. The molecule has 0 N–H and O–H groups in total. The van der Waals surface area contributed by atoms with E-state index in [-0.39, 0.29) is 11.7 Å². The second kappa shape index (κ2) is 11.8. The van der Waals surface area contributed by atoms with Gasteiger partial charge in [-0.25, -0.2) is 9.37 Å². The molecule has 0 spiro atoms. The summed E-state index contributed by atoms with van der Waals surface area (Å²) in [6, 6.07) is 12.2. The zero-order valence-electron chi connectivity index (χ0n) is 19.5. The Kier molecular flexibility index (Phi) is 8.79. The summed E-state index contributed by atoms with van der Waals surface area (Å²) in [6.45, 7) is 6.94. The fraction of sp³-hybridized carbons (Fsp3) is 0.360. The molecular formula is C25H30FN3O3S. The summed E-state index contributed by atoms with van der Waals surface area (Å²) >= 11 is 1.47. The van der Waals surface area contributed by atoms with Crippen molar-refractivity contribution in [1.82, 2.24) is 14.8 Å². The van der Waals surface area contributed by atoms with Crippen LogP contribution in [-0.4, -0.2) is 48.0 Å². The SMILES string of the molecule is CCN(CC)C(=O)c1csc(CN(Cc2ccc(F)cc2)Cc2ccc(OC)cc2OC)n1. The molecule has 0 unspecified atom stereocenters. The van der Waals surface area contributed by atoms with Gasteiger partial charge in [-0.2, -0.15) is 0 Å². The first-order chi connectivity index (χ1) is 16.0. The van der Waals surface area contributed by atoms with Gasteiger partial charge in [-0.3, -0.25) is 9.69 Å². The molecule has 0 radical (unpaired) electrons. The zero-order chi connectivity index (χ0) is 23.8. The minimum absolute atomic E-state index is 0.0515. The van der Waals surface area contributed by atoms with Crippen molar-refractivity contribution in [2.45, 2.75) is 33.5 Å². The van der Waals surface area contributed by atoms with E-state index in [1.54, 1.807) is 31.3 Å². The van der Waals surface area contributed by atoms with Crippen LogP contribution >= 0.6 is 11.3 Å². The number of thiazole rings is 1. The van der Waals surface area contributed by atoms with Crippen LogP contribution in [0.1, 0.15) is 40.5 Å². The Bertz CT molecular complexity index is 1050. The maximum atomic E-state index is 13.4. The molecule has 176 valence electrons. The van der Waals surface area contributed by atoms with Gasteiger partial charge in [-0.05, 0) is 37.6 Å². The Labute approximate surface area is 198 Å². The lowest BCUT2D eigenvalue weighted by Gasteiger charge is -2.23. The molecule has 0 bridgehead atoms. The third-order valence-electron chi connectivity index (χ3n) is 5.39. The zero-order valence-corrected chi connectivity index (χ0v) is 20.3. The summed E-state index contributed by atoms with van der Waals surface area (Å²) in [4.78, 5) is 21.2. The van der Waals surface area contributed by atoms with E-state index < -0.39 is 0 Å². The number of rotatable bonds is 11. The first kappa shape index (κ1) is 24.7. The highest BCUT2D eigenvalue weighted by Gasteiger charge is 2.18. The number of carbonyl (C=O) groups is 1. The van der Waals surface area contributed by atoms with Gasteiger partial charge in [-0.15, -0.1) is 11.3 Å². The third kappa shape index (κ3) is 6.52. The van der Waals surface area contributed by atoms with Gasteiger partial charge in [0, 0.05) is 43.2 Å². The average Bonchev–Trinajstić information content (AvgIpc) is 3.30. The lowest BCUT2D eigenvalue weighted by atomic mass is 10.1. The molecule has 0 saturated carbocycles. The van der Waals surface area contributed by atoms with Crippen molar-refractivity contribution >= 4 is 17.2 Å². The summed E-state index contributed by atoms with van der Waals surface area (Å²) in [5.74, 6) is 1.14. The van der Waals surface area contributed by atoms with Crippen molar-refractivity contribution in [3.8, 4) is 11.5 Å².